The molecule has 0 aromatic heterocycles. The highest BCUT2D eigenvalue weighted by Crippen LogP contribution is 2.19. The van der Waals surface area contributed by atoms with Gasteiger partial charge in [-0.2, -0.15) is 0 Å². The zero-order chi connectivity index (χ0) is 13.5. The first-order valence-electron chi connectivity index (χ1n) is 6.29. The first-order valence-corrected chi connectivity index (χ1v) is 7.28. The van der Waals surface area contributed by atoms with Gasteiger partial charge in [0.1, 0.15) is 12.4 Å². The molecule has 0 aliphatic rings. The lowest BCUT2D eigenvalue weighted by atomic mass is 10.2. The van der Waals surface area contributed by atoms with Crippen LogP contribution in [0.2, 0.25) is 0 Å². The SMILES string of the molecule is Cc1ccc(SCC(O)COc2ccccc2)cc1. The molecule has 3 heteroatoms. The Morgan fingerprint density at radius 2 is 1.74 bits per heavy atom. The summed E-state index contributed by atoms with van der Waals surface area (Å²) in [6, 6.07) is 17.9. The van der Waals surface area contributed by atoms with Crippen molar-refractivity contribution in [3.8, 4) is 5.75 Å². The lowest BCUT2D eigenvalue weighted by molar-refractivity contribution is 0.126. The van der Waals surface area contributed by atoms with Crippen molar-refractivity contribution < 1.29 is 9.84 Å². The van der Waals surface area contributed by atoms with Gasteiger partial charge < -0.3 is 9.84 Å². The summed E-state index contributed by atoms with van der Waals surface area (Å²) in [7, 11) is 0. The number of rotatable bonds is 6. The second kappa shape index (κ2) is 7.22. The smallest absolute Gasteiger partial charge is 0.119 e. The molecular weight excluding hydrogens is 256 g/mol. The van der Waals surface area contributed by atoms with Gasteiger partial charge in [0.15, 0.2) is 0 Å². The van der Waals surface area contributed by atoms with Crippen LogP contribution < -0.4 is 4.74 Å². The predicted octanol–water partition coefficient (Wildman–Crippen LogP) is 3.53. The van der Waals surface area contributed by atoms with Gasteiger partial charge in [-0.1, -0.05) is 35.9 Å². The monoisotopic (exact) mass is 274 g/mol. The minimum atomic E-state index is -0.466. The van der Waals surface area contributed by atoms with Crippen LogP contribution in [-0.4, -0.2) is 23.6 Å². The predicted molar refractivity (Wildman–Crippen MR) is 79.8 cm³/mol. The number of aliphatic hydroxyl groups is 1. The highest BCUT2D eigenvalue weighted by Gasteiger charge is 2.06. The maximum Gasteiger partial charge on any atom is 0.119 e. The summed E-state index contributed by atoms with van der Waals surface area (Å²) in [4.78, 5) is 1.17. The number of hydrogen-bond acceptors (Lipinski definition) is 3. The molecule has 2 rings (SSSR count). The number of para-hydroxylation sites is 1. The fraction of sp³-hybridized carbons (Fsp3) is 0.250. The van der Waals surface area contributed by atoms with Gasteiger partial charge in [-0.15, -0.1) is 11.8 Å². The van der Waals surface area contributed by atoms with Crippen LogP contribution in [-0.2, 0) is 0 Å². The molecule has 0 spiro atoms. The maximum atomic E-state index is 9.88. The lowest BCUT2D eigenvalue weighted by Crippen LogP contribution is -2.19. The lowest BCUT2D eigenvalue weighted by Gasteiger charge is -2.12. The van der Waals surface area contributed by atoms with Crippen LogP contribution in [0.15, 0.2) is 59.5 Å². The number of aryl methyl sites for hydroxylation is 1. The van der Waals surface area contributed by atoms with Crippen molar-refractivity contribution in [1.29, 1.82) is 0 Å². The Balaban J connectivity index is 1.72. The Hall–Kier alpha value is -1.45. The van der Waals surface area contributed by atoms with E-state index in [0.717, 1.165) is 5.75 Å². The van der Waals surface area contributed by atoms with Crippen molar-refractivity contribution >= 4 is 11.8 Å². The molecule has 1 atom stereocenters. The van der Waals surface area contributed by atoms with Crippen molar-refractivity contribution in [3.63, 3.8) is 0 Å². The van der Waals surface area contributed by atoms with Crippen LogP contribution in [0.4, 0.5) is 0 Å². The molecule has 2 nitrogen and oxygen atoms in total. The fourth-order valence-corrected chi connectivity index (χ4v) is 2.39. The van der Waals surface area contributed by atoms with Gasteiger partial charge >= 0.3 is 0 Å². The molecule has 0 aliphatic carbocycles. The molecule has 0 amide bonds. The van der Waals surface area contributed by atoms with E-state index < -0.39 is 6.10 Å². The number of hydrogen-bond donors (Lipinski definition) is 1. The third-order valence-electron chi connectivity index (χ3n) is 2.65. The van der Waals surface area contributed by atoms with Crippen LogP contribution in [0.3, 0.4) is 0 Å². The Labute approximate surface area is 118 Å². The van der Waals surface area contributed by atoms with Crippen molar-refractivity contribution in [1.82, 2.24) is 0 Å². The van der Waals surface area contributed by atoms with Crippen LogP contribution >= 0.6 is 11.8 Å². The number of benzene rings is 2. The average Bonchev–Trinajstić information content (AvgIpc) is 2.45. The number of ether oxygens (including phenoxy) is 1. The van der Waals surface area contributed by atoms with E-state index in [2.05, 4.69) is 31.2 Å². The summed E-state index contributed by atoms with van der Waals surface area (Å²) in [5.74, 6) is 1.43. The molecule has 2 aromatic carbocycles. The molecule has 0 radical (unpaired) electrons. The molecule has 0 saturated carbocycles. The summed E-state index contributed by atoms with van der Waals surface area (Å²) in [6.45, 7) is 2.39. The minimum absolute atomic E-state index is 0.322. The molecule has 100 valence electrons. The van der Waals surface area contributed by atoms with E-state index >= 15 is 0 Å². The Morgan fingerprint density at radius 3 is 2.42 bits per heavy atom. The average molecular weight is 274 g/mol. The molecule has 0 fully saturated rings. The topological polar surface area (TPSA) is 29.5 Å². The van der Waals surface area contributed by atoms with Gasteiger partial charge in [-0.25, -0.2) is 0 Å². The minimum Gasteiger partial charge on any atom is -0.491 e. The van der Waals surface area contributed by atoms with Crippen molar-refractivity contribution in [2.75, 3.05) is 12.4 Å². The van der Waals surface area contributed by atoms with E-state index in [4.69, 9.17) is 4.74 Å². The third kappa shape index (κ3) is 4.97. The molecule has 2 aromatic rings. The molecule has 0 saturated heterocycles. The summed E-state index contributed by atoms with van der Waals surface area (Å²) < 4.78 is 5.51. The van der Waals surface area contributed by atoms with E-state index in [-0.39, 0.29) is 0 Å². The molecular formula is C16H18O2S. The fourth-order valence-electron chi connectivity index (χ4n) is 1.58. The van der Waals surface area contributed by atoms with Crippen molar-refractivity contribution in [3.05, 3.63) is 60.2 Å². The normalized spacial score (nSPS) is 12.1. The highest BCUT2D eigenvalue weighted by molar-refractivity contribution is 7.99. The summed E-state index contributed by atoms with van der Waals surface area (Å²) in [5.41, 5.74) is 1.25. The van der Waals surface area contributed by atoms with E-state index in [1.54, 1.807) is 11.8 Å². The molecule has 0 aliphatic heterocycles. The van der Waals surface area contributed by atoms with Crippen molar-refractivity contribution in [2.45, 2.75) is 17.9 Å². The second-order valence-electron chi connectivity index (χ2n) is 4.40. The molecule has 19 heavy (non-hydrogen) atoms. The standard InChI is InChI=1S/C16H18O2S/c1-13-7-9-16(10-8-13)19-12-14(17)11-18-15-5-3-2-4-6-15/h2-10,14,17H,11-12H2,1H3. The van der Waals surface area contributed by atoms with Gasteiger partial charge in [-0.3, -0.25) is 0 Å². The molecule has 1 N–H and O–H groups in total. The molecule has 1 unspecified atom stereocenters. The maximum absolute atomic E-state index is 9.88. The Kier molecular flexibility index (Phi) is 5.31. The number of thioether (sulfide) groups is 1. The summed E-state index contributed by atoms with van der Waals surface area (Å²) in [5, 5.41) is 9.88. The Bertz CT molecular complexity index is 482. The second-order valence-corrected chi connectivity index (χ2v) is 5.50. The van der Waals surface area contributed by atoms with Crippen molar-refractivity contribution in [2.24, 2.45) is 0 Å². The zero-order valence-electron chi connectivity index (χ0n) is 11.0. The quantitative estimate of drug-likeness (QED) is 0.817. The van der Waals surface area contributed by atoms with Crippen LogP contribution in [0.25, 0.3) is 0 Å². The van der Waals surface area contributed by atoms with Crippen LogP contribution in [0.5, 0.6) is 5.75 Å². The number of aliphatic hydroxyl groups excluding tert-OH is 1. The summed E-state index contributed by atoms with van der Waals surface area (Å²) in [6.07, 6.45) is -0.466. The van der Waals surface area contributed by atoms with Gasteiger partial charge in [-0.05, 0) is 31.2 Å². The molecule has 0 bridgehead atoms. The van der Waals surface area contributed by atoms with Gasteiger partial charge in [0.05, 0.1) is 6.10 Å². The first kappa shape index (κ1) is 14.0. The van der Waals surface area contributed by atoms with Crippen LogP contribution in [0, 0.1) is 6.92 Å². The van der Waals surface area contributed by atoms with E-state index in [1.807, 2.05) is 30.3 Å². The molecule has 0 heterocycles. The van der Waals surface area contributed by atoms with E-state index in [9.17, 15) is 5.11 Å². The largest absolute Gasteiger partial charge is 0.491 e. The first-order chi connectivity index (χ1) is 9.24. The van der Waals surface area contributed by atoms with E-state index in [1.165, 1.54) is 10.5 Å². The Morgan fingerprint density at radius 1 is 1.05 bits per heavy atom. The van der Waals surface area contributed by atoms with Crippen LogP contribution in [0.1, 0.15) is 5.56 Å². The van der Waals surface area contributed by atoms with Gasteiger partial charge in [0.25, 0.3) is 0 Å². The third-order valence-corrected chi connectivity index (χ3v) is 3.81. The zero-order valence-corrected chi connectivity index (χ0v) is 11.8. The van der Waals surface area contributed by atoms with Gasteiger partial charge in [0, 0.05) is 10.6 Å². The summed E-state index contributed by atoms with van der Waals surface area (Å²) >= 11 is 1.64. The van der Waals surface area contributed by atoms with Gasteiger partial charge in [0.2, 0.25) is 0 Å². The van der Waals surface area contributed by atoms with E-state index in [0.29, 0.717) is 12.4 Å². The highest BCUT2D eigenvalue weighted by atomic mass is 32.2.